The van der Waals surface area contributed by atoms with Crippen LogP contribution in [0.3, 0.4) is 0 Å². The molecule has 0 fully saturated rings. The summed E-state index contributed by atoms with van der Waals surface area (Å²) in [5.41, 5.74) is 7.26. The fraction of sp³-hybridized carbons (Fsp3) is 0.200. The number of primary amides is 1. The van der Waals surface area contributed by atoms with Crippen molar-refractivity contribution in [1.82, 2.24) is 0 Å². The van der Waals surface area contributed by atoms with E-state index in [2.05, 4.69) is 0 Å². The van der Waals surface area contributed by atoms with E-state index in [9.17, 15) is 18.0 Å². The first kappa shape index (κ1) is 24.1. The molecule has 0 radical (unpaired) electrons. The number of nitrogens with two attached hydrogens (primary N) is 1. The van der Waals surface area contributed by atoms with Gasteiger partial charge in [-0.05, 0) is 53.9 Å². The molecule has 0 bridgehead atoms. The van der Waals surface area contributed by atoms with Gasteiger partial charge in [0.25, 0.3) is 15.9 Å². The van der Waals surface area contributed by atoms with Gasteiger partial charge in [-0.1, -0.05) is 30.3 Å². The van der Waals surface area contributed by atoms with Gasteiger partial charge >= 0.3 is 5.97 Å². The maximum absolute atomic E-state index is 13.4. The first-order chi connectivity index (χ1) is 16.8. The second kappa shape index (κ2) is 10.1. The molecule has 35 heavy (non-hydrogen) atoms. The number of hydrogen-bond acceptors (Lipinski definition) is 7. The van der Waals surface area contributed by atoms with Crippen LogP contribution in [-0.4, -0.2) is 40.6 Å². The van der Waals surface area contributed by atoms with Gasteiger partial charge in [0.1, 0.15) is 23.7 Å². The van der Waals surface area contributed by atoms with Crippen LogP contribution in [0.4, 0.5) is 5.69 Å². The quantitative estimate of drug-likeness (QED) is 0.452. The fourth-order valence-electron chi connectivity index (χ4n) is 3.80. The Morgan fingerprint density at radius 2 is 1.83 bits per heavy atom. The number of ether oxygens (including phenoxy) is 3. The van der Waals surface area contributed by atoms with Gasteiger partial charge in [-0.2, -0.15) is 0 Å². The zero-order chi connectivity index (χ0) is 25.0. The minimum Gasteiger partial charge on any atom is -0.496 e. The molecule has 3 aromatic rings. The molecule has 1 aliphatic rings. The third kappa shape index (κ3) is 5.22. The van der Waals surface area contributed by atoms with Gasteiger partial charge in [0.2, 0.25) is 0 Å². The predicted molar refractivity (Wildman–Crippen MR) is 128 cm³/mol. The van der Waals surface area contributed by atoms with Crippen molar-refractivity contribution in [3.8, 4) is 11.5 Å². The molecule has 0 unspecified atom stereocenters. The predicted octanol–water partition coefficient (Wildman–Crippen LogP) is 2.67. The standard InChI is InChI=1S/C25H24N2O7S/c1-32-23-10-9-20(35(30,31)27-12-11-18-6-2-3-8-22(18)27)14-21(23)25(29)34-15-17-5-4-7-19(13-17)33-16-24(26)28/h2-10,13-14H,11-12,15-16H2,1H3,(H2,26,28). The lowest BCUT2D eigenvalue weighted by atomic mass is 10.2. The normalized spacial score (nSPS) is 12.7. The summed E-state index contributed by atoms with van der Waals surface area (Å²) in [6.07, 6.45) is 0.614. The Hall–Kier alpha value is -4.05. The molecule has 0 aromatic heterocycles. The summed E-state index contributed by atoms with van der Waals surface area (Å²) in [6, 6.07) is 18.1. The monoisotopic (exact) mass is 496 g/mol. The average Bonchev–Trinajstić information content (AvgIpc) is 3.31. The lowest BCUT2D eigenvalue weighted by molar-refractivity contribution is -0.119. The highest BCUT2D eigenvalue weighted by Crippen LogP contribution is 2.34. The molecule has 1 aliphatic heterocycles. The highest BCUT2D eigenvalue weighted by molar-refractivity contribution is 7.92. The second-order valence-corrected chi connectivity index (χ2v) is 9.66. The van der Waals surface area contributed by atoms with Gasteiger partial charge in [-0.25, -0.2) is 13.2 Å². The third-order valence-electron chi connectivity index (χ3n) is 5.47. The Kier molecular flexibility index (Phi) is 6.92. The van der Waals surface area contributed by atoms with E-state index < -0.39 is 21.9 Å². The Balaban J connectivity index is 1.54. The highest BCUT2D eigenvalue weighted by Gasteiger charge is 2.31. The number of carbonyl (C=O) groups excluding carboxylic acids is 2. The fourth-order valence-corrected chi connectivity index (χ4v) is 5.33. The molecule has 2 N–H and O–H groups in total. The van der Waals surface area contributed by atoms with Crippen molar-refractivity contribution in [2.24, 2.45) is 5.73 Å². The Bertz CT molecular complexity index is 1370. The summed E-state index contributed by atoms with van der Waals surface area (Å²) < 4.78 is 44.0. The number of fused-ring (bicyclic) bond motifs is 1. The molecular weight excluding hydrogens is 472 g/mol. The number of amides is 1. The van der Waals surface area contributed by atoms with Crippen LogP contribution in [0.2, 0.25) is 0 Å². The summed E-state index contributed by atoms with van der Waals surface area (Å²) in [6.45, 7) is -0.0584. The Morgan fingerprint density at radius 3 is 2.60 bits per heavy atom. The molecule has 0 saturated heterocycles. The van der Waals surface area contributed by atoms with Crippen LogP contribution in [0.25, 0.3) is 0 Å². The van der Waals surface area contributed by atoms with E-state index in [0.29, 0.717) is 30.0 Å². The maximum atomic E-state index is 13.4. The number of methoxy groups -OCH3 is 1. The number of anilines is 1. The zero-order valence-electron chi connectivity index (χ0n) is 19.0. The molecular formula is C25H24N2O7S. The van der Waals surface area contributed by atoms with Gasteiger partial charge in [0.15, 0.2) is 6.61 Å². The van der Waals surface area contributed by atoms with Crippen molar-refractivity contribution in [3.63, 3.8) is 0 Å². The van der Waals surface area contributed by atoms with Crippen LogP contribution in [0, 0.1) is 0 Å². The first-order valence-corrected chi connectivity index (χ1v) is 12.2. The lowest BCUT2D eigenvalue weighted by Gasteiger charge is -2.20. The molecule has 1 amide bonds. The Morgan fingerprint density at radius 1 is 1.03 bits per heavy atom. The molecule has 3 aromatic carbocycles. The number of benzene rings is 3. The SMILES string of the molecule is COc1ccc(S(=O)(=O)N2CCc3ccccc32)cc1C(=O)OCc1cccc(OCC(N)=O)c1. The molecule has 1 heterocycles. The van der Waals surface area contributed by atoms with Gasteiger partial charge in [0, 0.05) is 6.54 Å². The number of para-hydroxylation sites is 1. The number of esters is 1. The summed E-state index contributed by atoms with van der Waals surface area (Å²) in [7, 11) is -2.52. The van der Waals surface area contributed by atoms with Crippen molar-refractivity contribution in [3.05, 3.63) is 83.4 Å². The topological polar surface area (TPSA) is 125 Å². The van der Waals surface area contributed by atoms with E-state index in [1.165, 1.54) is 29.6 Å². The molecule has 182 valence electrons. The van der Waals surface area contributed by atoms with Gasteiger partial charge in [-0.3, -0.25) is 9.10 Å². The number of rotatable bonds is 9. The number of nitrogens with zero attached hydrogens (tertiary/aromatic N) is 1. The van der Waals surface area contributed by atoms with E-state index in [-0.39, 0.29) is 29.4 Å². The van der Waals surface area contributed by atoms with Crippen LogP contribution in [0.1, 0.15) is 21.5 Å². The van der Waals surface area contributed by atoms with Crippen molar-refractivity contribution in [1.29, 1.82) is 0 Å². The van der Waals surface area contributed by atoms with Crippen LogP contribution < -0.4 is 19.5 Å². The largest absolute Gasteiger partial charge is 0.496 e. The lowest BCUT2D eigenvalue weighted by Crippen LogP contribution is -2.29. The Labute approximate surface area is 203 Å². The third-order valence-corrected chi connectivity index (χ3v) is 7.28. The van der Waals surface area contributed by atoms with Crippen molar-refractivity contribution < 1.29 is 32.2 Å². The molecule has 0 saturated carbocycles. The summed E-state index contributed by atoms with van der Waals surface area (Å²) in [4.78, 5) is 23.8. The van der Waals surface area contributed by atoms with Crippen LogP contribution in [-0.2, 0) is 32.6 Å². The highest BCUT2D eigenvalue weighted by atomic mass is 32.2. The van der Waals surface area contributed by atoms with Gasteiger partial charge in [-0.15, -0.1) is 0 Å². The number of hydrogen-bond donors (Lipinski definition) is 1. The maximum Gasteiger partial charge on any atom is 0.342 e. The van der Waals surface area contributed by atoms with Crippen molar-refractivity contribution in [2.75, 3.05) is 24.6 Å². The molecule has 0 aliphatic carbocycles. The molecule has 10 heteroatoms. The van der Waals surface area contributed by atoms with Gasteiger partial charge in [0.05, 0.1) is 17.7 Å². The second-order valence-electron chi connectivity index (χ2n) is 7.80. The van der Waals surface area contributed by atoms with Crippen LogP contribution in [0.15, 0.2) is 71.6 Å². The average molecular weight is 497 g/mol. The first-order valence-electron chi connectivity index (χ1n) is 10.8. The smallest absolute Gasteiger partial charge is 0.342 e. The van der Waals surface area contributed by atoms with E-state index >= 15 is 0 Å². The minimum atomic E-state index is -3.90. The number of sulfonamides is 1. The van der Waals surface area contributed by atoms with E-state index in [0.717, 1.165) is 5.56 Å². The van der Waals surface area contributed by atoms with E-state index in [1.807, 2.05) is 12.1 Å². The number of carbonyl (C=O) groups is 2. The molecule has 4 rings (SSSR count). The van der Waals surface area contributed by atoms with E-state index in [4.69, 9.17) is 19.9 Å². The zero-order valence-corrected chi connectivity index (χ0v) is 19.8. The van der Waals surface area contributed by atoms with E-state index in [1.54, 1.807) is 36.4 Å². The summed E-state index contributed by atoms with van der Waals surface area (Å²) in [5.74, 6) is -0.770. The van der Waals surface area contributed by atoms with Gasteiger partial charge < -0.3 is 19.9 Å². The summed E-state index contributed by atoms with van der Waals surface area (Å²) in [5, 5.41) is 0. The van der Waals surface area contributed by atoms with Crippen molar-refractivity contribution >= 4 is 27.6 Å². The van der Waals surface area contributed by atoms with Crippen LogP contribution >= 0.6 is 0 Å². The van der Waals surface area contributed by atoms with Crippen LogP contribution in [0.5, 0.6) is 11.5 Å². The minimum absolute atomic E-state index is 0.0119. The molecule has 0 atom stereocenters. The van der Waals surface area contributed by atoms with Crippen molar-refractivity contribution in [2.45, 2.75) is 17.9 Å². The molecule has 0 spiro atoms. The molecule has 9 nitrogen and oxygen atoms in total. The summed E-state index contributed by atoms with van der Waals surface area (Å²) >= 11 is 0.